The molecule has 1 unspecified atom stereocenters. The van der Waals surface area contributed by atoms with Crippen molar-refractivity contribution in [1.29, 1.82) is 0 Å². The van der Waals surface area contributed by atoms with Crippen LogP contribution in [-0.2, 0) is 11.3 Å². The van der Waals surface area contributed by atoms with Crippen LogP contribution in [0.2, 0.25) is 0 Å². The van der Waals surface area contributed by atoms with Crippen molar-refractivity contribution < 1.29 is 28.2 Å². The molecule has 0 aromatic carbocycles. The van der Waals surface area contributed by atoms with Crippen LogP contribution in [0.25, 0.3) is 0 Å². The monoisotopic (exact) mass is 262 g/mol. The second-order valence-electron chi connectivity index (χ2n) is 3.85. The van der Waals surface area contributed by atoms with E-state index in [0.717, 1.165) is 0 Å². The average molecular weight is 262 g/mol. The first-order valence-electron chi connectivity index (χ1n) is 5.40. The molecule has 1 aromatic rings. The van der Waals surface area contributed by atoms with Gasteiger partial charge >= 0.3 is 5.97 Å². The number of hydrogen-bond donors (Lipinski definition) is 1. The molecule has 0 saturated carbocycles. The number of nitrogens with zero attached hydrogens (tertiary/aromatic N) is 2. The molecule has 1 aliphatic rings. The van der Waals surface area contributed by atoms with E-state index in [0.29, 0.717) is 12.4 Å². The number of carboxylic acid groups (broad SMARTS) is 1. The van der Waals surface area contributed by atoms with E-state index in [1.54, 1.807) is 0 Å². The maximum absolute atomic E-state index is 11.8. The summed E-state index contributed by atoms with van der Waals surface area (Å²) < 4.78 is 35.5. The van der Waals surface area contributed by atoms with Gasteiger partial charge in [0.25, 0.3) is 0 Å². The van der Waals surface area contributed by atoms with Crippen molar-refractivity contribution in [3.63, 3.8) is 0 Å². The number of carboxylic acids is 1. The van der Waals surface area contributed by atoms with Gasteiger partial charge in [0.05, 0.1) is 19.8 Å². The predicted molar refractivity (Wildman–Crippen MR) is 55.0 cm³/mol. The number of hydrogen-bond acceptors (Lipinski definition) is 4. The summed E-state index contributed by atoms with van der Waals surface area (Å²) in [5.41, 5.74) is -0.0814. The molecule has 0 saturated heterocycles. The van der Waals surface area contributed by atoms with E-state index in [9.17, 15) is 13.6 Å². The van der Waals surface area contributed by atoms with Gasteiger partial charge in [0.1, 0.15) is 6.10 Å². The van der Waals surface area contributed by atoms with Crippen molar-refractivity contribution in [2.75, 3.05) is 13.2 Å². The van der Waals surface area contributed by atoms with Crippen LogP contribution in [0.1, 0.15) is 16.9 Å². The summed E-state index contributed by atoms with van der Waals surface area (Å²) in [6.07, 6.45) is -2.99. The fraction of sp³-hybridized carbons (Fsp3) is 0.600. The Hall–Kier alpha value is -1.70. The molecule has 0 amide bonds. The SMILES string of the molecule is O=C(O)c1cc2n(n1)CC(COCCC(F)F)O2. The van der Waals surface area contributed by atoms with E-state index in [1.165, 1.54) is 10.7 Å². The highest BCUT2D eigenvalue weighted by molar-refractivity contribution is 5.85. The topological polar surface area (TPSA) is 73.6 Å². The minimum atomic E-state index is -2.37. The third kappa shape index (κ3) is 2.95. The molecule has 100 valence electrons. The number of carbonyl (C=O) groups is 1. The summed E-state index contributed by atoms with van der Waals surface area (Å²) >= 11 is 0. The Balaban J connectivity index is 1.77. The molecule has 6 nitrogen and oxygen atoms in total. The normalized spacial score (nSPS) is 17.8. The molecular weight excluding hydrogens is 250 g/mol. The maximum Gasteiger partial charge on any atom is 0.356 e. The van der Waals surface area contributed by atoms with Crippen molar-refractivity contribution in [1.82, 2.24) is 9.78 Å². The summed E-state index contributed by atoms with van der Waals surface area (Å²) in [7, 11) is 0. The highest BCUT2D eigenvalue weighted by Gasteiger charge is 2.26. The molecular formula is C10H12F2N2O4. The summed E-state index contributed by atoms with van der Waals surface area (Å²) in [5.74, 6) is -0.764. The van der Waals surface area contributed by atoms with Crippen molar-refractivity contribution >= 4 is 5.97 Å². The van der Waals surface area contributed by atoms with Gasteiger partial charge in [0, 0.05) is 12.5 Å². The van der Waals surface area contributed by atoms with E-state index in [2.05, 4.69) is 5.10 Å². The Morgan fingerprint density at radius 2 is 2.50 bits per heavy atom. The number of rotatable bonds is 6. The number of aromatic nitrogens is 2. The number of alkyl halides is 2. The highest BCUT2D eigenvalue weighted by atomic mass is 19.3. The Bertz CT molecular complexity index is 412. The molecule has 0 bridgehead atoms. The maximum atomic E-state index is 11.8. The van der Waals surface area contributed by atoms with Gasteiger partial charge < -0.3 is 14.6 Å². The minimum Gasteiger partial charge on any atom is -0.476 e. The Morgan fingerprint density at radius 3 is 3.11 bits per heavy atom. The molecule has 0 radical (unpaired) electrons. The van der Waals surface area contributed by atoms with Gasteiger partial charge in [-0.15, -0.1) is 0 Å². The first kappa shape index (κ1) is 12.7. The summed E-state index contributed by atoms with van der Waals surface area (Å²) in [4.78, 5) is 10.6. The van der Waals surface area contributed by atoms with E-state index >= 15 is 0 Å². The fourth-order valence-electron chi connectivity index (χ4n) is 1.60. The first-order chi connectivity index (χ1) is 8.56. The van der Waals surface area contributed by atoms with Crippen LogP contribution < -0.4 is 4.74 Å². The first-order valence-corrected chi connectivity index (χ1v) is 5.40. The number of ether oxygens (including phenoxy) is 2. The lowest BCUT2D eigenvalue weighted by Gasteiger charge is -2.09. The van der Waals surface area contributed by atoms with Crippen molar-refractivity contribution in [3.8, 4) is 5.88 Å². The van der Waals surface area contributed by atoms with Crippen LogP contribution in [0.15, 0.2) is 6.07 Å². The van der Waals surface area contributed by atoms with Crippen LogP contribution in [-0.4, -0.2) is 46.6 Å². The zero-order valence-corrected chi connectivity index (χ0v) is 9.38. The zero-order chi connectivity index (χ0) is 13.1. The number of halogens is 2. The molecule has 1 atom stereocenters. The van der Waals surface area contributed by atoms with Crippen LogP contribution in [0.5, 0.6) is 5.88 Å². The molecule has 18 heavy (non-hydrogen) atoms. The summed E-state index contributed by atoms with van der Waals surface area (Å²) in [5, 5.41) is 12.5. The summed E-state index contributed by atoms with van der Waals surface area (Å²) in [6, 6.07) is 1.32. The van der Waals surface area contributed by atoms with Crippen LogP contribution in [0.3, 0.4) is 0 Å². The van der Waals surface area contributed by atoms with Gasteiger partial charge in [-0.2, -0.15) is 5.10 Å². The van der Waals surface area contributed by atoms with Crippen LogP contribution in [0, 0.1) is 0 Å². The van der Waals surface area contributed by atoms with Crippen molar-refractivity contribution in [3.05, 3.63) is 11.8 Å². The largest absolute Gasteiger partial charge is 0.476 e. The van der Waals surface area contributed by atoms with Crippen LogP contribution >= 0.6 is 0 Å². The van der Waals surface area contributed by atoms with Gasteiger partial charge in [0.2, 0.25) is 12.3 Å². The second-order valence-corrected chi connectivity index (χ2v) is 3.85. The lowest BCUT2D eigenvalue weighted by Crippen LogP contribution is -2.23. The molecule has 0 aliphatic carbocycles. The molecule has 1 aromatic heterocycles. The van der Waals surface area contributed by atoms with E-state index in [1.807, 2.05) is 0 Å². The lowest BCUT2D eigenvalue weighted by molar-refractivity contribution is 0.0301. The highest BCUT2D eigenvalue weighted by Crippen LogP contribution is 2.22. The number of fused-ring (bicyclic) bond motifs is 1. The zero-order valence-electron chi connectivity index (χ0n) is 9.38. The van der Waals surface area contributed by atoms with Gasteiger partial charge in [-0.25, -0.2) is 18.3 Å². The smallest absolute Gasteiger partial charge is 0.356 e. The summed E-state index contributed by atoms with van der Waals surface area (Å²) in [6.45, 7) is 0.510. The third-order valence-corrected chi connectivity index (χ3v) is 2.41. The lowest BCUT2D eigenvalue weighted by atomic mass is 10.4. The Labute approximate surface area is 101 Å². The molecule has 1 aliphatic heterocycles. The van der Waals surface area contributed by atoms with Gasteiger partial charge in [-0.05, 0) is 0 Å². The third-order valence-electron chi connectivity index (χ3n) is 2.41. The Morgan fingerprint density at radius 1 is 1.72 bits per heavy atom. The van der Waals surface area contributed by atoms with Crippen LogP contribution in [0.4, 0.5) is 8.78 Å². The Kier molecular flexibility index (Phi) is 3.75. The quantitative estimate of drug-likeness (QED) is 0.775. The number of aromatic carboxylic acids is 1. The van der Waals surface area contributed by atoms with Gasteiger partial charge in [-0.3, -0.25) is 0 Å². The van der Waals surface area contributed by atoms with Gasteiger partial charge in [0.15, 0.2) is 5.69 Å². The second kappa shape index (κ2) is 5.30. The molecule has 2 rings (SSSR count). The molecule has 1 N–H and O–H groups in total. The molecule has 0 fully saturated rings. The van der Waals surface area contributed by atoms with E-state index in [4.69, 9.17) is 14.6 Å². The molecule has 8 heteroatoms. The molecule has 0 spiro atoms. The molecule has 2 heterocycles. The van der Waals surface area contributed by atoms with E-state index in [-0.39, 0.29) is 31.4 Å². The van der Waals surface area contributed by atoms with Gasteiger partial charge in [-0.1, -0.05) is 0 Å². The average Bonchev–Trinajstić information content (AvgIpc) is 2.81. The minimum absolute atomic E-state index is 0.0276. The fourth-order valence-corrected chi connectivity index (χ4v) is 1.60. The predicted octanol–water partition coefficient (Wildman–Crippen LogP) is 1.01. The van der Waals surface area contributed by atoms with E-state index < -0.39 is 12.4 Å². The van der Waals surface area contributed by atoms with Crippen molar-refractivity contribution in [2.24, 2.45) is 0 Å². The standard InChI is InChI=1S/C10H12F2N2O4/c11-8(12)1-2-17-5-6-4-14-9(18-6)3-7(13-14)10(15)16/h3,6,8H,1-2,4-5H2,(H,15,16). The van der Waals surface area contributed by atoms with Crippen molar-refractivity contribution in [2.45, 2.75) is 25.5 Å².